The monoisotopic (exact) mass is 506 g/mol. The van der Waals surface area contributed by atoms with Crippen LogP contribution >= 0.6 is 24.0 Å². The first-order valence-corrected chi connectivity index (χ1v) is 9.73. The highest BCUT2D eigenvalue weighted by Crippen LogP contribution is 2.22. The van der Waals surface area contributed by atoms with Crippen LogP contribution in [0.2, 0.25) is 0 Å². The number of morpholine rings is 1. The molecule has 28 heavy (non-hydrogen) atoms. The van der Waals surface area contributed by atoms with Crippen LogP contribution in [0.1, 0.15) is 18.0 Å². The maximum Gasteiger partial charge on any atom is 0.193 e. The van der Waals surface area contributed by atoms with Crippen molar-refractivity contribution in [1.29, 1.82) is 0 Å². The summed E-state index contributed by atoms with van der Waals surface area (Å²) >= 11 is 0. The number of nitrogens with one attached hydrogen (secondary N) is 1. The number of nitrogens with zero attached hydrogens (tertiary/aromatic N) is 3. The average Bonchev–Trinajstić information content (AvgIpc) is 3.16. The van der Waals surface area contributed by atoms with Crippen molar-refractivity contribution in [2.45, 2.75) is 12.5 Å². The van der Waals surface area contributed by atoms with Crippen molar-refractivity contribution in [3.63, 3.8) is 0 Å². The fourth-order valence-electron chi connectivity index (χ4n) is 3.95. The van der Waals surface area contributed by atoms with Crippen LogP contribution in [0.4, 0.5) is 4.39 Å². The Labute approximate surface area is 184 Å². The molecule has 8 heteroatoms. The summed E-state index contributed by atoms with van der Waals surface area (Å²) in [6, 6.07) is 6.99. The van der Waals surface area contributed by atoms with Crippen LogP contribution in [0.15, 0.2) is 29.3 Å². The fourth-order valence-corrected chi connectivity index (χ4v) is 3.95. The maximum atomic E-state index is 13.4. The minimum Gasteiger partial charge on any atom is -0.384 e. The topological polar surface area (TPSA) is 49.3 Å². The quantitative estimate of drug-likeness (QED) is 0.365. The molecule has 158 valence electrons. The molecule has 2 fully saturated rings. The van der Waals surface area contributed by atoms with Crippen LogP contribution in [-0.2, 0) is 9.47 Å². The highest BCUT2D eigenvalue weighted by atomic mass is 127. The molecule has 0 bridgehead atoms. The average molecular weight is 506 g/mol. The molecule has 0 saturated carbocycles. The molecule has 1 N–H and O–H groups in total. The molecule has 1 aromatic rings. The number of likely N-dealkylation sites (tertiary alicyclic amines) is 1. The third kappa shape index (κ3) is 6.27. The summed E-state index contributed by atoms with van der Waals surface area (Å²) in [7, 11) is 3.58. The number of benzene rings is 1. The molecule has 0 radical (unpaired) electrons. The van der Waals surface area contributed by atoms with E-state index >= 15 is 0 Å². The Bertz CT molecular complexity index is 611. The van der Waals surface area contributed by atoms with Gasteiger partial charge in [0.25, 0.3) is 0 Å². The van der Waals surface area contributed by atoms with Gasteiger partial charge in [-0.1, -0.05) is 12.1 Å². The van der Waals surface area contributed by atoms with Gasteiger partial charge in [-0.3, -0.25) is 9.89 Å². The summed E-state index contributed by atoms with van der Waals surface area (Å²) in [6.45, 7) is 6.69. The molecule has 2 atom stereocenters. The lowest BCUT2D eigenvalue weighted by Gasteiger charge is -2.35. The van der Waals surface area contributed by atoms with Crippen molar-refractivity contribution in [2.75, 3.05) is 66.7 Å². The molecule has 2 aliphatic heterocycles. The number of halogens is 2. The van der Waals surface area contributed by atoms with Gasteiger partial charge in [-0.05, 0) is 24.1 Å². The van der Waals surface area contributed by atoms with Crippen molar-refractivity contribution >= 4 is 29.9 Å². The SMILES string of the molecule is CN=C(NCC(c1ccc(F)cc1)N1CCOCC1)N1CCC(COC)C1.I. The molecule has 3 rings (SSSR count). The first kappa shape index (κ1) is 23.3. The molecule has 6 nitrogen and oxygen atoms in total. The van der Waals surface area contributed by atoms with E-state index in [4.69, 9.17) is 9.47 Å². The van der Waals surface area contributed by atoms with E-state index in [-0.39, 0.29) is 35.8 Å². The first-order valence-electron chi connectivity index (χ1n) is 9.73. The normalized spacial score (nSPS) is 22.0. The second kappa shape index (κ2) is 11.9. The van der Waals surface area contributed by atoms with Crippen molar-refractivity contribution < 1.29 is 13.9 Å². The van der Waals surface area contributed by atoms with Crippen LogP contribution in [0.3, 0.4) is 0 Å². The van der Waals surface area contributed by atoms with Gasteiger partial charge >= 0.3 is 0 Å². The Morgan fingerprint density at radius 1 is 1.29 bits per heavy atom. The number of aliphatic imine (C=N–C) groups is 1. The maximum absolute atomic E-state index is 13.4. The summed E-state index contributed by atoms with van der Waals surface area (Å²) in [5, 5.41) is 3.54. The lowest BCUT2D eigenvalue weighted by molar-refractivity contribution is 0.0169. The molecular formula is C20H32FIN4O2. The Hall–Kier alpha value is -0.970. The molecule has 2 aliphatic rings. The standard InChI is InChI=1S/C20H31FN4O2.HI/c1-22-20(25-8-7-16(14-25)15-26-2)23-13-19(24-9-11-27-12-10-24)17-3-5-18(21)6-4-17;/h3-6,16,19H,7-15H2,1-2H3,(H,22,23);1H. The highest BCUT2D eigenvalue weighted by molar-refractivity contribution is 14.0. The fraction of sp³-hybridized carbons (Fsp3) is 0.650. The van der Waals surface area contributed by atoms with E-state index < -0.39 is 0 Å². The molecule has 0 aliphatic carbocycles. The number of guanidine groups is 1. The van der Waals surface area contributed by atoms with Crippen LogP contribution in [0.5, 0.6) is 0 Å². The number of ether oxygens (including phenoxy) is 2. The molecule has 2 heterocycles. The highest BCUT2D eigenvalue weighted by Gasteiger charge is 2.27. The molecule has 2 saturated heterocycles. The minimum atomic E-state index is -0.204. The van der Waals surface area contributed by atoms with Crippen LogP contribution in [-0.4, -0.2) is 82.5 Å². The number of hydrogen-bond acceptors (Lipinski definition) is 4. The van der Waals surface area contributed by atoms with Gasteiger partial charge < -0.3 is 19.7 Å². The Balaban J connectivity index is 0.00000280. The zero-order valence-electron chi connectivity index (χ0n) is 16.8. The lowest BCUT2D eigenvalue weighted by atomic mass is 10.0. The Morgan fingerprint density at radius 3 is 2.64 bits per heavy atom. The predicted molar refractivity (Wildman–Crippen MR) is 120 cm³/mol. The number of methoxy groups -OCH3 is 1. The van der Waals surface area contributed by atoms with Crippen LogP contribution < -0.4 is 5.32 Å². The van der Waals surface area contributed by atoms with E-state index in [0.29, 0.717) is 5.92 Å². The van der Waals surface area contributed by atoms with Gasteiger partial charge in [0.1, 0.15) is 5.82 Å². The van der Waals surface area contributed by atoms with Gasteiger partial charge in [-0.2, -0.15) is 0 Å². The van der Waals surface area contributed by atoms with E-state index in [1.54, 1.807) is 7.11 Å². The van der Waals surface area contributed by atoms with Gasteiger partial charge in [-0.15, -0.1) is 24.0 Å². The molecule has 2 unspecified atom stereocenters. The lowest BCUT2D eigenvalue weighted by Crippen LogP contribution is -2.47. The smallest absolute Gasteiger partial charge is 0.193 e. The van der Waals surface area contributed by atoms with Gasteiger partial charge in [-0.25, -0.2) is 4.39 Å². The summed E-state index contributed by atoms with van der Waals surface area (Å²) in [6.07, 6.45) is 1.12. The molecular weight excluding hydrogens is 474 g/mol. The summed E-state index contributed by atoms with van der Waals surface area (Å²) in [4.78, 5) is 9.17. The summed E-state index contributed by atoms with van der Waals surface area (Å²) in [5.41, 5.74) is 1.11. The van der Waals surface area contributed by atoms with Crippen LogP contribution in [0, 0.1) is 11.7 Å². The molecule has 0 spiro atoms. The van der Waals surface area contributed by atoms with Gasteiger partial charge in [0.15, 0.2) is 5.96 Å². The van der Waals surface area contributed by atoms with Crippen molar-refractivity contribution in [3.05, 3.63) is 35.6 Å². The summed E-state index contributed by atoms with van der Waals surface area (Å²) in [5.74, 6) is 1.28. The third-order valence-corrected chi connectivity index (χ3v) is 5.39. The van der Waals surface area contributed by atoms with E-state index in [9.17, 15) is 4.39 Å². The molecule has 0 amide bonds. The third-order valence-electron chi connectivity index (χ3n) is 5.39. The molecule has 0 aromatic heterocycles. The zero-order chi connectivity index (χ0) is 19.1. The van der Waals surface area contributed by atoms with Crippen molar-refractivity contribution in [3.8, 4) is 0 Å². The Kier molecular flexibility index (Phi) is 9.90. The minimum absolute atomic E-state index is 0. The number of hydrogen-bond donors (Lipinski definition) is 1. The number of rotatable bonds is 6. The summed E-state index contributed by atoms with van der Waals surface area (Å²) < 4.78 is 24.2. The second-order valence-electron chi connectivity index (χ2n) is 7.20. The van der Waals surface area contributed by atoms with Gasteiger partial charge in [0, 0.05) is 52.8 Å². The first-order chi connectivity index (χ1) is 13.2. The largest absolute Gasteiger partial charge is 0.384 e. The van der Waals surface area contributed by atoms with E-state index in [1.807, 2.05) is 19.2 Å². The Morgan fingerprint density at radius 2 is 2.00 bits per heavy atom. The van der Waals surface area contributed by atoms with E-state index in [1.165, 1.54) is 12.1 Å². The second-order valence-corrected chi connectivity index (χ2v) is 7.20. The van der Waals surface area contributed by atoms with Gasteiger partial charge in [0.05, 0.1) is 25.9 Å². The van der Waals surface area contributed by atoms with E-state index in [2.05, 4.69) is 20.1 Å². The van der Waals surface area contributed by atoms with Crippen LogP contribution in [0.25, 0.3) is 0 Å². The van der Waals surface area contributed by atoms with E-state index in [0.717, 1.165) is 70.5 Å². The molecule has 1 aromatic carbocycles. The van der Waals surface area contributed by atoms with Crippen molar-refractivity contribution in [1.82, 2.24) is 15.1 Å². The van der Waals surface area contributed by atoms with Gasteiger partial charge in [0.2, 0.25) is 0 Å². The zero-order valence-corrected chi connectivity index (χ0v) is 19.1. The predicted octanol–water partition coefficient (Wildman–Crippen LogP) is 2.36. The van der Waals surface area contributed by atoms with Crippen molar-refractivity contribution in [2.24, 2.45) is 10.9 Å².